The maximum absolute atomic E-state index is 8.51. The smallest absolute Gasteiger partial charge is 0.0431 e. The molecule has 0 aliphatic heterocycles. The maximum Gasteiger partial charge on any atom is 0.0431 e. The quantitative estimate of drug-likeness (QED) is 0.462. The van der Waals surface area contributed by atoms with Gasteiger partial charge in [-0.15, -0.1) is 0 Å². The van der Waals surface area contributed by atoms with Crippen LogP contribution in [0.25, 0.3) is 0 Å². The van der Waals surface area contributed by atoms with E-state index in [1.54, 1.807) is 0 Å². The van der Waals surface area contributed by atoms with Gasteiger partial charge in [-0.25, -0.2) is 0 Å². The van der Waals surface area contributed by atoms with E-state index >= 15 is 0 Å². The van der Waals surface area contributed by atoms with Gasteiger partial charge in [0, 0.05) is 6.61 Å². The Hall–Kier alpha value is -0.0400. The van der Waals surface area contributed by atoms with Crippen LogP contribution in [0.1, 0.15) is 97.8 Å². The summed E-state index contributed by atoms with van der Waals surface area (Å²) in [6.45, 7) is 7.08. The highest BCUT2D eigenvalue weighted by atomic mass is 16.2. The van der Waals surface area contributed by atoms with Gasteiger partial charge in [0.25, 0.3) is 0 Å². The monoisotopic (exact) mass is 244 g/mol. The predicted molar refractivity (Wildman–Crippen MR) is 79.5 cm³/mol. The van der Waals surface area contributed by atoms with Gasteiger partial charge in [0.05, 0.1) is 0 Å². The minimum absolute atomic E-state index is 0.370. The zero-order chi connectivity index (χ0) is 13.2. The summed E-state index contributed by atoms with van der Waals surface area (Å²) in [6.07, 6.45) is 15.9. The summed E-state index contributed by atoms with van der Waals surface area (Å²) in [6, 6.07) is 0. The van der Waals surface area contributed by atoms with Crippen molar-refractivity contribution in [1.82, 2.24) is 0 Å². The van der Waals surface area contributed by atoms with Crippen molar-refractivity contribution < 1.29 is 5.11 Å². The van der Waals surface area contributed by atoms with Gasteiger partial charge < -0.3 is 5.11 Å². The van der Waals surface area contributed by atoms with Crippen LogP contribution in [-0.4, -0.2) is 11.7 Å². The lowest BCUT2D eigenvalue weighted by atomic mass is 10.1. The molecule has 0 saturated heterocycles. The minimum atomic E-state index is 0.370. The third kappa shape index (κ3) is 25.9. The van der Waals surface area contributed by atoms with E-state index in [1.165, 1.54) is 70.6 Å². The molecule has 0 aliphatic carbocycles. The lowest BCUT2D eigenvalue weighted by molar-refractivity contribution is 0.282. The molecule has 0 unspecified atom stereocenters. The molecule has 0 atom stereocenters. The van der Waals surface area contributed by atoms with Crippen LogP contribution in [0.15, 0.2) is 0 Å². The van der Waals surface area contributed by atoms with Crippen LogP contribution in [0.4, 0.5) is 0 Å². The molecule has 0 heterocycles. The first-order valence-electron chi connectivity index (χ1n) is 7.94. The van der Waals surface area contributed by atoms with Crippen LogP contribution < -0.4 is 0 Å². The van der Waals surface area contributed by atoms with Crippen molar-refractivity contribution in [3.63, 3.8) is 0 Å². The van der Waals surface area contributed by atoms with Gasteiger partial charge in [-0.1, -0.05) is 91.4 Å². The second-order valence-corrected chi connectivity index (χ2v) is 4.91. The predicted octanol–water partition coefficient (Wildman–Crippen LogP) is 5.71. The van der Waals surface area contributed by atoms with Crippen molar-refractivity contribution in [3.8, 4) is 0 Å². The summed E-state index contributed by atoms with van der Waals surface area (Å²) in [5.74, 6) is 0. The molecule has 0 aromatic rings. The molecule has 17 heavy (non-hydrogen) atoms. The number of unbranched alkanes of at least 4 members (excludes halogenated alkanes) is 10. The lowest BCUT2D eigenvalue weighted by Crippen LogP contribution is -1.83. The molecule has 1 N–H and O–H groups in total. The molecule has 1 heteroatoms. The van der Waals surface area contributed by atoms with E-state index in [1.807, 2.05) is 0 Å². The summed E-state index contributed by atoms with van der Waals surface area (Å²) in [7, 11) is 0. The molecule has 0 aromatic carbocycles. The van der Waals surface area contributed by atoms with Gasteiger partial charge in [0.1, 0.15) is 0 Å². The first kappa shape index (κ1) is 19.3. The molecular weight excluding hydrogens is 208 g/mol. The zero-order valence-corrected chi connectivity index (χ0v) is 12.6. The Balaban J connectivity index is 0. The van der Waals surface area contributed by atoms with E-state index in [0.29, 0.717) is 6.61 Å². The number of hydrogen-bond donors (Lipinski definition) is 1. The summed E-state index contributed by atoms with van der Waals surface area (Å²) >= 11 is 0. The number of aliphatic hydroxyl groups is 1. The fourth-order valence-electron chi connectivity index (χ4n) is 1.75. The molecule has 0 fully saturated rings. The molecule has 106 valence electrons. The average molecular weight is 244 g/mol. The highest BCUT2D eigenvalue weighted by Gasteiger charge is 1.89. The standard InChI is InChI=1S/C10H22O.C6H14/c1-2-3-4-5-6-7-8-9-10-11;1-3-5-6-4-2/h11H,2-10H2,1H3;3-6H2,1-2H3. The van der Waals surface area contributed by atoms with E-state index < -0.39 is 0 Å². The normalized spacial score (nSPS) is 9.88. The molecular formula is C16H36O. The SMILES string of the molecule is CCCCCC.CCCCCCCCCCO. The summed E-state index contributed by atoms with van der Waals surface area (Å²) in [5.41, 5.74) is 0. The summed E-state index contributed by atoms with van der Waals surface area (Å²) in [5, 5.41) is 8.51. The summed E-state index contributed by atoms with van der Waals surface area (Å²) < 4.78 is 0. The Morgan fingerprint density at radius 1 is 0.471 bits per heavy atom. The molecule has 1 nitrogen and oxygen atoms in total. The third-order valence-electron chi connectivity index (χ3n) is 2.97. The van der Waals surface area contributed by atoms with Crippen LogP contribution in [0.2, 0.25) is 0 Å². The first-order valence-corrected chi connectivity index (χ1v) is 7.94. The highest BCUT2D eigenvalue weighted by molar-refractivity contribution is 4.44. The molecule has 0 rings (SSSR count). The van der Waals surface area contributed by atoms with E-state index in [0.717, 1.165) is 6.42 Å². The average Bonchev–Trinajstić information content (AvgIpc) is 2.36. The van der Waals surface area contributed by atoms with E-state index in [-0.39, 0.29) is 0 Å². The third-order valence-corrected chi connectivity index (χ3v) is 2.97. The van der Waals surface area contributed by atoms with E-state index in [2.05, 4.69) is 20.8 Å². The fourth-order valence-corrected chi connectivity index (χ4v) is 1.75. The Morgan fingerprint density at radius 3 is 1.12 bits per heavy atom. The van der Waals surface area contributed by atoms with Crippen molar-refractivity contribution in [2.24, 2.45) is 0 Å². The Kier molecular flexibility index (Phi) is 24.1. The van der Waals surface area contributed by atoms with Gasteiger partial charge in [-0.3, -0.25) is 0 Å². The van der Waals surface area contributed by atoms with E-state index in [9.17, 15) is 0 Å². The Labute approximate surface area is 110 Å². The molecule has 0 aliphatic rings. The number of rotatable bonds is 11. The van der Waals surface area contributed by atoms with Gasteiger partial charge in [0.15, 0.2) is 0 Å². The summed E-state index contributed by atoms with van der Waals surface area (Å²) in [4.78, 5) is 0. The van der Waals surface area contributed by atoms with Gasteiger partial charge in [-0.05, 0) is 6.42 Å². The van der Waals surface area contributed by atoms with Crippen molar-refractivity contribution in [2.45, 2.75) is 97.8 Å². The van der Waals surface area contributed by atoms with Crippen molar-refractivity contribution >= 4 is 0 Å². The molecule has 0 saturated carbocycles. The second-order valence-electron chi connectivity index (χ2n) is 4.91. The Morgan fingerprint density at radius 2 is 0.765 bits per heavy atom. The van der Waals surface area contributed by atoms with Crippen LogP contribution in [0.5, 0.6) is 0 Å². The Bertz CT molecular complexity index is 89.7. The van der Waals surface area contributed by atoms with E-state index in [4.69, 9.17) is 5.11 Å². The van der Waals surface area contributed by atoms with Crippen LogP contribution in [0.3, 0.4) is 0 Å². The minimum Gasteiger partial charge on any atom is -0.396 e. The second kappa shape index (κ2) is 21.3. The van der Waals surface area contributed by atoms with Crippen LogP contribution in [-0.2, 0) is 0 Å². The van der Waals surface area contributed by atoms with Gasteiger partial charge in [-0.2, -0.15) is 0 Å². The molecule has 0 spiro atoms. The van der Waals surface area contributed by atoms with Crippen molar-refractivity contribution in [1.29, 1.82) is 0 Å². The number of aliphatic hydroxyl groups excluding tert-OH is 1. The lowest BCUT2D eigenvalue weighted by Gasteiger charge is -1.98. The highest BCUT2D eigenvalue weighted by Crippen LogP contribution is 2.07. The number of hydrogen-bond acceptors (Lipinski definition) is 1. The first-order chi connectivity index (χ1) is 8.33. The van der Waals surface area contributed by atoms with Gasteiger partial charge in [0.2, 0.25) is 0 Å². The largest absolute Gasteiger partial charge is 0.396 e. The molecule has 0 amide bonds. The van der Waals surface area contributed by atoms with Gasteiger partial charge >= 0.3 is 0 Å². The fraction of sp³-hybridized carbons (Fsp3) is 1.00. The van der Waals surface area contributed by atoms with Crippen molar-refractivity contribution in [2.75, 3.05) is 6.61 Å². The van der Waals surface area contributed by atoms with Crippen LogP contribution in [0, 0.1) is 0 Å². The topological polar surface area (TPSA) is 20.2 Å². The van der Waals surface area contributed by atoms with Crippen LogP contribution >= 0.6 is 0 Å². The zero-order valence-electron chi connectivity index (χ0n) is 12.6. The maximum atomic E-state index is 8.51. The molecule has 0 radical (unpaired) electrons. The molecule has 0 bridgehead atoms. The van der Waals surface area contributed by atoms with Crippen molar-refractivity contribution in [3.05, 3.63) is 0 Å². The molecule has 0 aromatic heterocycles.